The topological polar surface area (TPSA) is 25.2 Å². The highest BCUT2D eigenvalue weighted by Crippen LogP contribution is 2.32. The summed E-state index contributed by atoms with van der Waals surface area (Å²) in [6.07, 6.45) is 5.31. The fourth-order valence-corrected chi connectivity index (χ4v) is 2.80. The average molecular weight is 241 g/mol. The van der Waals surface area contributed by atoms with Crippen LogP contribution in [0.25, 0.3) is 0 Å². The molecular weight excluding hydrogens is 222 g/mol. The van der Waals surface area contributed by atoms with E-state index in [1.54, 1.807) is 0 Å². The number of hydrogen-bond donors (Lipinski definition) is 1. The molecule has 0 bridgehead atoms. The van der Waals surface area contributed by atoms with Crippen molar-refractivity contribution in [1.29, 1.82) is 0 Å². The van der Waals surface area contributed by atoms with Gasteiger partial charge in [-0.1, -0.05) is 30.3 Å². The minimum absolute atomic E-state index is 0.372. The molecule has 3 rings (SSSR count). The van der Waals surface area contributed by atoms with Crippen LogP contribution < -0.4 is 5.32 Å². The van der Waals surface area contributed by atoms with Crippen molar-refractivity contribution >= 4 is 0 Å². The molecule has 18 heavy (non-hydrogen) atoms. The number of furan rings is 1. The Bertz CT molecular complexity index is 503. The summed E-state index contributed by atoms with van der Waals surface area (Å²) in [5.41, 5.74) is 2.69. The monoisotopic (exact) mass is 241 g/mol. The van der Waals surface area contributed by atoms with Gasteiger partial charge in [-0.2, -0.15) is 0 Å². The van der Waals surface area contributed by atoms with Crippen LogP contribution in [0.15, 0.2) is 47.1 Å². The minimum Gasteiger partial charge on any atom is -0.469 e. The van der Waals surface area contributed by atoms with Crippen LogP contribution in [-0.2, 0) is 6.42 Å². The Kier molecular flexibility index (Phi) is 3.20. The Morgan fingerprint density at radius 1 is 1.22 bits per heavy atom. The SMILES string of the molecule is C[C@H](NC1CCCc2occc21)c1ccccc1. The van der Waals surface area contributed by atoms with Gasteiger partial charge in [-0.25, -0.2) is 0 Å². The second-order valence-corrected chi connectivity index (χ2v) is 5.04. The van der Waals surface area contributed by atoms with Crippen LogP contribution >= 0.6 is 0 Å². The fourth-order valence-electron chi connectivity index (χ4n) is 2.80. The molecule has 2 aromatic rings. The van der Waals surface area contributed by atoms with E-state index < -0.39 is 0 Å². The molecule has 1 N–H and O–H groups in total. The summed E-state index contributed by atoms with van der Waals surface area (Å²) in [4.78, 5) is 0. The van der Waals surface area contributed by atoms with Gasteiger partial charge >= 0.3 is 0 Å². The number of fused-ring (bicyclic) bond motifs is 1. The molecule has 0 saturated heterocycles. The first-order chi connectivity index (χ1) is 8.84. The first-order valence-electron chi connectivity index (χ1n) is 6.72. The van der Waals surface area contributed by atoms with Crippen molar-refractivity contribution in [2.45, 2.75) is 38.3 Å². The number of benzene rings is 1. The van der Waals surface area contributed by atoms with E-state index in [0.717, 1.165) is 6.42 Å². The van der Waals surface area contributed by atoms with Crippen molar-refractivity contribution in [3.05, 3.63) is 59.5 Å². The molecule has 2 nitrogen and oxygen atoms in total. The van der Waals surface area contributed by atoms with Gasteiger partial charge in [0.2, 0.25) is 0 Å². The number of rotatable bonds is 3. The Morgan fingerprint density at radius 2 is 2.06 bits per heavy atom. The van der Waals surface area contributed by atoms with Gasteiger partial charge in [0, 0.05) is 24.1 Å². The third kappa shape index (κ3) is 2.21. The second kappa shape index (κ2) is 4.99. The van der Waals surface area contributed by atoms with E-state index >= 15 is 0 Å². The number of hydrogen-bond acceptors (Lipinski definition) is 2. The van der Waals surface area contributed by atoms with Crippen LogP contribution in [0.1, 0.15) is 48.7 Å². The summed E-state index contributed by atoms with van der Waals surface area (Å²) < 4.78 is 5.53. The van der Waals surface area contributed by atoms with Gasteiger partial charge in [-0.05, 0) is 31.4 Å². The summed E-state index contributed by atoms with van der Waals surface area (Å²) in [6, 6.07) is 13.5. The van der Waals surface area contributed by atoms with Crippen molar-refractivity contribution < 1.29 is 4.42 Å². The fraction of sp³-hybridized carbons (Fsp3) is 0.375. The van der Waals surface area contributed by atoms with E-state index in [-0.39, 0.29) is 0 Å². The standard InChI is InChI=1S/C16H19NO/c1-12(13-6-3-2-4-7-13)17-15-8-5-9-16-14(15)10-11-18-16/h2-4,6-7,10-12,15,17H,5,8-9H2,1H3/t12-,15?/m0/s1. The lowest BCUT2D eigenvalue weighted by atomic mass is 9.92. The summed E-state index contributed by atoms with van der Waals surface area (Å²) in [7, 11) is 0. The molecule has 1 aliphatic carbocycles. The van der Waals surface area contributed by atoms with Crippen LogP contribution in [0.2, 0.25) is 0 Å². The summed E-state index contributed by atoms with van der Waals surface area (Å²) >= 11 is 0. The van der Waals surface area contributed by atoms with Gasteiger partial charge in [-0.3, -0.25) is 0 Å². The molecule has 0 aliphatic heterocycles. The molecule has 0 radical (unpaired) electrons. The molecule has 1 unspecified atom stereocenters. The molecule has 0 fully saturated rings. The molecule has 1 aliphatic rings. The van der Waals surface area contributed by atoms with Crippen LogP contribution in [0, 0.1) is 0 Å². The lowest BCUT2D eigenvalue weighted by Crippen LogP contribution is -2.27. The van der Waals surface area contributed by atoms with E-state index in [1.165, 1.54) is 29.7 Å². The quantitative estimate of drug-likeness (QED) is 0.878. The molecule has 0 spiro atoms. The van der Waals surface area contributed by atoms with Crippen molar-refractivity contribution in [2.75, 3.05) is 0 Å². The average Bonchev–Trinajstić information content (AvgIpc) is 2.89. The van der Waals surface area contributed by atoms with Crippen LogP contribution in [0.3, 0.4) is 0 Å². The summed E-state index contributed by atoms with van der Waals surface area (Å²) in [5, 5.41) is 3.72. The maximum Gasteiger partial charge on any atom is 0.108 e. The van der Waals surface area contributed by atoms with Gasteiger partial charge in [-0.15, -0.1) is 0 Å². The van der Waals surface area contributed by atoms with Crippen molar-refractivity contribution in [1.82, 2.24) is 5.32 Å². The third-order valence-electron chi connectivity index (χ3n) is 3.80. The van der Waals surface area contributed by atoms with Gasteiger partial charge < -0.3 is 9.73 Å². The highest BCUT2D eigenvalue weighted by molar-refractivity contribution is 5.25. The molecule has 0 saturated carbocycles. The highest BCUT2D eigenvalue weighted by atomic mass is 16.3. The second-order valence-electron chi connectivity index (χ2n) is 5.04. The smallest absolute Gasteiger partial charge is 0.108 e. The minimum atomic E-state index is 0.372. The van der Waals surface area contributed by atoms with E-state index in [4.69, 9.17) is 4.42 Å². The Hall–Kier alpha value is -1.54. The molecule has 1 aromatic heterocycles. The van der Waals surface area contributed by atoms with Crippen LogP contribution in [-0.4, -0.2) is 0 Å². The van der Waals surface area contributed by atoms with Crippen molar-refractivity contribution in [3.8, 4) is 0 Å². The maximum absolute atomic E-state index is 5.53. The molecular formula is C16H19NO. The molecule has 0 amide bonds. The molecule has 1 heterocycles. The van der Waals surface area contributed by atoms with E-state index in [1.807, 2.05) is 6.26 Å². The van der Waals surface area contributed by atoms with Gasteiger partial charge in [0.15, 0.2) is 0 Å². The third-order valence-corrected chi connectivity index (χ3v) is 3.80. The Balaban J connectivity index is 1.75. The zero-order chi connectivity index (χ0) is 12.4. The van der Waals surface area contributed by atoms with Crippen LogP contribution in [0.4, 0.5) is 0 Å². The first-order valence-corrected chi connectivity index (χ1v) is 6.72. The zero-order valence-corrected chi connectivity index (χ0v) is 10.7. The van der Waals surface area contributed by atoms with E-state index in [0.29, 0.717) is 12.1 Å². The number of nitrogens with one attached hydrogen (secondary N) is 1. The molecule has 2 heteroatoms. The molecule has 1 aromatic carbocycles. The first kappa shape index (κ1) is 11.5. The van der Waals surface area contributed by atoms with Gasteiger partial charge in [0.05, 0.1) is 6.26 Å². The van der Waals surface area contributed by atoms with Gasteiger partial charge in [0.1, 0.15) is 5.76 Å². The Morgan fingerprint density at radius 3 is 2.89 bits per heavy atom. The number of aryl methyl sites for hydroxylation is 1. The maximum atomic E-state index is 5.53. The molecule has 94 valence electrons. The van der Waals surface area contributed by atoms with Crippen molar-refractivity contribution in [2.24, 2.45) is 0 Å². The van der Waals surface area contributed by atoms with Gasteiger partial charge in [0.25, 0.3) is 0 Å². The highest BCUT2D eigenvalue weighted by Gasteiger charge is 2.23. The largest absolute Gasteiger partial charge is 0.469 e. The van der Waals surface area contributed by atoms with E-state index in [9.17, 15) is 0 Å². The summed E-state index contributed by atoms with van der Waals surface area (Å²) in [6.45, 7) is 2.23. The summed E-state index contributed by atoms with van der Waals surface area (Å²) in [5.74, 6) is 1.17. The lowest BCUT2D eigenvalue weighted by molar-refractivity contribution is 0.386. The molecule has 2 atom stereocenters. The van der Waals surface area contributed by atoms with E-state index in [2.05, 4.69) is 48.6 Å². The zero-order valence-electron chi connectivity index (χ0n) is 10.7. The predicted molar refractivity (Wildman–Crippen MR) is 72.4 cm³/mol. The predicted octanol–water partition coefficient (Wildman–Crippen LogP) is 4.01. The Labute approximate surface area is 108 Å². The van der Waals surface area contributed by atoms with Crippen molar-refractivity contribution in [3.63, 3.8) is 0 Å². The van der Waals surface area contributed by atoms with Crippen LogP contribution in [0.5, 0.6) is 0 Å². The lowest BCUT2D eigenvalue weighted by Gasteiger charge is -2.26. The normalized spacial score (nSPS) is 20.4.